The lowest BCUT2D eigenvalue weighted by Gasteiger charge is -2.38. The van der Waals surface area contributed by atoms with E-state index in [2.05, 4.69) is 38.0 Å². The van der Waals surface area contributed by atoms with Gasteiger partial charge in [0.15, 0.2) is 0 Å². The minimum atomic E-state index is -1.89. The third-order valence-corrected chi connectivity index (χ3v) is 6.99. The second-order valence-electron chi connectivity index (χ2n) is 8.75. The monoisotopic (exact) mass is 615 g/mol. The van der Waals surface area contributed by atoms with Gasteiger partial charge in [0.05, 0.1) is 24.8 Å². The van der Waals surface area contributed by atoms with Crippen LogP contribution in [0.5, 0.6) is 0 Å². The summed E-state index contributed by atoms with van der Waals surface area (Å²) in [5.41, 5.74) is -0.274. The zero-order chi connectivity index (χ0) is 26.5. The van der Waals surface area contributed by atoms with E-state index in [1.54, 1.807) is 6.92 Å². The molecule has 36 heavy (non-hydrogen) atoms. The topological polar surface area (TPSA) is 108 Å². The van der Waals surface area contributed by atoms with Crippen molar-refractivity contribution < 1.29 is 33.0 Å². The van der Waals surface area contributed by atoms with Gasteiger partial charge in [-0.25, -0.2) is 9.37 Å². The number of pyridine rings is 1. The summed E-state index contributed by atoms with van der Waals surface area (Å²) in [6, 6.07) is 8.54. The normalized spacial score (nSPS) is 18.6. The predicted molar refractivity (Wildman–Crippen MR) is 140 cm³/mol. The Bertz CT molecular complexity index is 1130. The summed E-state index contributed by atoms with van der Waals surface area (Å²) in [5, 5.41) is 8.88. The fourth-order valence-corrected chi connectivity index (χ4v) is 4.79. The molecule has 0 radical (unpaired) electrons. The standard InChI is InChI=1S/C25H31FIN3O6/c1-6-35-21(31)12-19(25(14-26,33-4)34-5)28-23(32)24(15(2)3)13-18(30-36-24)22-17-10-8-7-9-16(17)11-20(27)29-22/h7-11,15,19H,6,12-14H2,1-5H3,(H,28,32). The van der Waals surface area contributed by atoms with Crippen molar-refractivity contribution in [3.63, 3.8) is 0 Å². The van der Waals surface area contributed by atoms with E-state index >= 15 is 0 Å². The lowest BCUT2D eigenvalue weighted by atomic mass is 9.83. The minimum Gasteiger partial charge on any atom is -0.466 e. The summed E-state index contributed by atoms with van der Waals surface area (Å²) in [6.07, 6.45) is -0.238. The Kier molecular flexibility index (Phi) is 9.23. The molecule has 0 spiro atoms. The van der Waals surface area contributed by atoms with E-state index in [4.69, 9.17) is 19.0 Å². The van der Waals surface area contributed by atoms with Crippen LogP contribution in [-0.4, -0.2) is 67.5 Å². The first-order valence-corrected chi connectivity index (χ1v) is 12.7. The van der Waals surface area contributed by atoms with Crippen molar-refractivity contribution >= 4 is 51.0 Å². The van der Waals surface area contributed by atoms with Crippen LogP contribution in [0.25, 0.3) is 10.8 Å². The van der Waals surface area contributed by atoms with Crippen LogP contribution < -0.4 is 5.32 Å². The number of nitrogens with one attached hydrogen (secondary N) is 1. The minimum absolute atomic E-state index is 0.127. The van der Waals surface area contributed by atoms with Crippen molar-refractivity contribution in [2.45, 2.75) is 51.0 Å². The van der Waals surface area contributed by atoms with E-state index in [9.17, 15) is 14.0 Å². The van der Waals surface area contributed by atoms with Crippen LogP contribution in [0.3, 0.4) is 0 Å². The number of aromatic nitrogens is 1. The molecule has 0 saturated carbocycles. The van der Waals surface area contributed by atoms with Gasteiger partial charge in [0, 0.05) is 31.9 Å². The van der Waals surface area contributed by atoms with Crippen molar-refractivity contribution in [3.05, 3.63) is 39.7 Å². The van der Waals surface area contributed by atoms with Crippen LogP contribution in [0.15, 0.2) is 35.5 Å². The van der Waals surface area contributed by atoms with Crippen molar-refractivity contribution in [2.24, 2.45) is 11.1 Å². The van der Waals surface area contributed by atoms with Crippen molar-refractivity contribution in [1.82, 2.24) is 10.3 Å². The Balaban J connectivity index is 1.94. The molecule has 0 aliphatic carbocycles. The number of carbonyl (C=O) groups excluding carboxylic acids is 2. The number of hydrogen-bond donors (Lipinski definition) is 1. The molecule has 2 heterocycles. The molecule has 196 valence electrons. The Morgan fingerprint density at radius 1 is 1.28 bits per heavy atom. The molecule has 1 N–H and O–H groups in total. The van der Waals surface area contributed by atoms with Gasteiger partial charge >= 0.3 is 5.97 Å². The number of alkyl halides is 1. The Hall–Kier alpha value is -2.38. The molecule has 1 aromatic heterocycles. The number of nitrogens with zero attached hydrogens (tertiary/aromatic N) is 2. The Morgan fingerprint density at radius 2 is 1.97 bits per heavy atom. The number of hydrogen-bond acceptors (Lipinski definition) is 8. The van der Waals surface area contributed by atoms with Gasteiger partial charge in [-0.05, 0) is 41.0 Å². The third kappa shape index (κ3) is 5.47. The van der Waals surface area contributed by atoms with Gasteiger partial charge in [0.25, 0.3) is 5.91 Å². The van der Waals surface area contributed by atoms with Gasteiger partial charge in [0.1, 0.15) is 16.1 Å². The van der Waals surface area contributed by atoms with Gasteiger partial charge in [-0.15, -0.1) is 0 Å². The Labute approximate surface area is 223 Å². The van der Waals surface area contributed by atoms with Crippen LogP contribution in [0, 0.1) is 9.62 Å². The van der Waals surface area contributed by atoms with Crippen molar-refractivity contribution in [2.75, 3.05) is 27.5 Å². The zero-order valence-electron chi connectivity index (χ0n) is 21.0. The highest BCUT2D eigenvalue weighted by Gasteiger charge is 2.53. The molecule has 9 nitrogen and oxygen atoms in total. The summed E-state index contributed by atoms with van der Waals surface area (Å²) in [4.78, 5) is 36.5. The Morgan fingerprint density at radius 3 is 2.58 bits per heavy atom. The summed E-state index contributed by atoms with van der Waals surface area (Å²) >= 11 is 2.14. The van der Waals surface area contributed by atoms with Gasteiger partial charge in [-0.3, -0.25) is 9.59 Å². The molecule has 1 aliphatic heterocycles. The van der Waals surface area contributed by atoms with E-state index in [1.165, 1.54) is 14.2 Å². The maximum atomic E-state index is 14.1. The van der Waals surface area contributed by atoms with E-state index in [-0.39, 0.29) is 25.4 Å². The summed E-state index contributed by atoms with van der Waals surface area (Å²) in [7, 11) is 2.49. The average molecular weight is 615 g/mol. The first kappa shape index (κ1) is 28.2. The van der Waals surface area contributed by atoms with Gasteiger partial charge in [-0.2, -0.15) is 0 Å². The summed E-state index contributed by atoms with van der Waals surface area (Å²) in [5.74, 6) is -3.43. The molecular formula is C25H31FIN3O6. The van der Waals surface area contributed by atoms with Crippen LogP contribution >= 0.6 is 22.6 Å². The van der Waals surface area contributed by atoms with E-state index < -0.39 is 36.0 Å². The first-order chi connectivity index (χ1) is 17.2. The molecule has 0 saturated heterocycles. The number of benzene rings is 1. The molecule has 1 amide bonds. The lowest BCUT2D eigenvalue weighted by molar-refractivity contribution is -0.236. The average Bonchev–Trinajstić information content (AvgIpc) is 3.32. The van der Waals surface area contributed by atoms with Crippen molar-refractivity contribution in [3.8, 4) is 0 Å². The number of carbonyl (C=O) groups is 2. The van der Waals surface area contributed by atoms with Crippen LogP contribution in [0.4, 0.5) is 4.39 Å². The van der Waals surface area contributed by atoms with Crippen molar-refractivity contribution in [1.29, 1.82) is 0 Å². The molecular weight excluding hydrogens is 584 g/mol. The van der Waals surface area contributed by atoms with E-state index in [0.717, 1.165) is 14.5 Å². The van der Waals surface area contributed by atoms with Gasteiger partial charge in [-0.1, -0.05) is 43.3 Å². The molecule has 0 bridgehead atoms. The summed E-state index contributed by atoms with van der Waals surface area (Å²) < 4.78 is 30.5. The van der Waals surface area contributed by atoms with Crippen LogP contribution in [0.2, 0.25) is 0 Å². The highest BCUT2D eigenvalue weighted by atomic mass is 127. The zero-order valence-corrected chi connectivity index (χ0v) is 23.1. The number of halogens is 2. The number of esters is 1. The largest absolute Gasteiger partial charge is 0.466 e. The lowest BCUT2D eigenvalue weighted by Crippen LogP contribution is -2.62. The fourth-order valence-electron chi connectivity index (χ4n) is 4.21. The number of methoxy groups -OCH3 is 2. The molecule has 1 aliphatic rings. The summed E-state index contributed by atoms with van der Waals surface area (Å²) in [6.45, 7) is 4.33. The van der Waals surface area contributed by atoms with Gasteiger partial charge < -0.3 is 24.4 Å². The number of rotatable bonds is 11. The molecule has 0 fully saturated rings. The number of fused-ring (bicyclic) bond motifs is 1. The van der Waals surface area contributed by atoms with E-state index in [1.807, 2.05) is 44.2 Å². The smallest absolute Gasteiger partial charge is 0.308 e. The second kappa shape index (κ2) is 11.8. The molecule has 11 heteroatoms. The van der Waals surface area contributed by atoms with Crippen LogP contribution in [0.1, 0.15) is 39.3 Å². The molecule has 1 aromatic carbocycles. The SMILES string of the molecule is CCOC(=O)CC(NC(=O)C1(C(C)C)CC(c2nc(I)cc3ccccc23)=NO1)C(CF)(OC)OC. The third-order valence-electron chi connectivity index (χ3n) is 6.44. The number of ether oxygens (including phenoxy) is 3. The number of amides is 1. The van der Waals surface area contributed by atoms with Crippen LogP contribution in [-0.2, 0) is 28.6 Å². The highest BCUT2D eigenvalue weighted by Crippen LogP contribution is 2.36. The molecule has 3 rings (SSSR count). The maximum Gasteiger partial charge on any atom is 0.308 e. The molecule has 2 aromatic rings. The first-order valence-electron chi connectivity index (χ1n) is 11.6. The highest BCUT2D eigenvalue weighted by molar-refractivity contribution is 14.1. The van der Waals surface area contributed by atoms with E-state index in [0.29, 0.717) is 11.4 Å². The number of oxime groups is 1. The predicted octanol–water partition coefficient (Wildman–Crippen LogP) is 3.76. The van der Waals surface area contributed by atoms with Gasteiger partial charge in [0.2, 0.25) is 11.4 Å². The quantitative estimate of drug-likeness (QED) is 0.178. The second-order valence-corrected chi connectivity index (χ2v) is 9.86. The molecule has 2 unspecified atom stereocenters. The fraction of sp³-hybridized carbons (Fsp3) is 0.520. The maximum absolute atomic E-state index is 14.1. The molecule has 2 atom stereocenters.